The van der Waals surface area contributed by atoms with Crippen LogP contribution < -0.4 is 0 Å². The van der Waals surface area contributed by atoms with Gasteiger partial charge in [0, 0.05) is 34.2 Å². The number of rotatable bonds is 8. The quantitative estimate of drug-likeness (QED) is 0.420. The highest BCUT2D eigenvalue weighted by atomic mass is 28.3. The van der Waals surface area contributed by atoms with E-state index in [2.05, 4.69) is 24.6 Å². The van der Waals surface area contributed by atoms with Gasteiger partial charge < -0.3 is 9.30 Å². The summed E-state index contributed by atoms with van der Waals surface area (Å²) in [6, 6.07) is 1.07. The van der Waals surface area contributed by atoms with Gasteiger partial charge in [-0.15, -0.1) is 0 Å². The van der Waals surface area contributed by atoms with Crippen molar-refractivity contribution in [3.63, 3.8) is 0 Å². The smallest absolute Gasteiger partial charge is 0.198 e. The molecule has 0 atom stereocenters. The van der Waals surface area contributed by atoms with Crippen molar-refractivity contribution >= 4 is 19.6 Å². The Morgan fingerprint density at radius 3 is 2.50 bits per heavy atom. The summed E-state index contributed by atoms with van der Waals surface area (Å²) >= 11 is 0. The van der Waals surface area contributed by atoms with E-state index >= 15 is 0 Å². The number of ketones is 2. The van der Waals surface area contributed by atoms with Gasteiger partial charge in [-0.2, -0.15) is 0 Å². The van der Waals surface area contributed by atoms with Crippen LogP contribution in [0.2, 0.25) is 25.7 Å². The molecule has 0 fully saturated rings. The molecule has 0 saturated heterocycles. The third-order valence-corrected chi connectivity index (χ3v) is 4.64. The third-order valence-electron chi connectivity index (χ3n) is 2.93. The van der Waals surface area contributed by atoms with E-state index in [-0.39, 0.29) is 18.3 Å². The summed E-state index contributed by atoms with van der Waals surface area (Å²) in [6.45, 7) is 11.0. The summed E-state index contributed by atoms with van der Waals surface area (Å²) in [4.78, 5) is 27.3. The summed E-state index contributed by atoms with van der Waals surface area (Å²) in [5.74, 6) is 0.0907. The van der Waals surface area contributed by atoms with Gasteiger partial charge in [-0.25, -0.2) is 4.98 Å². The summed E-state index contributed by atoms with van der Waals surface area (Å²) in [5.41, 5.74) is 0.315. The maximum atomic E-state index is 11.8. The Balaban J connectivity index is 2.72. The van der Waals surface area contributed by atoms with E-state index in [1.165, 1.54) is 6.92 Å². The Morgan fingerprint density at radius 1 is 1.35 bits per heavy atom. The first-order chi connectivity index (χ1) is 9.24. The summed E-state index contributed by atoms with van der Waals surface area (Å²) < 4.78 is 7.25. The van der Waals surface area contributed by atoms with Gasteiger partial charge in [0.2, 0.25) is 0 Å². The highest BCUT2D eigenvalue weighted by Gasteiger charge is 2.17. The van der Waals surface area contributed by atoms with E-state index in [1.807, 2.05) is 0 Å². The van der Waals surface area contributed by atoms with Crippen LogP contribution in [0.5, 0.6) is 0 Å². The highest BCUT2D eigenvalue weighted by Crippen LogP contribution is 2.10. The Bertz CT molecular complexity index is 489. The van der Waals surface area contributed by atoms with Crippen LogP contribution in [0.15, 0.2) is 6.20 Å². The molecule has 0 aromatic carbocycles. The normalized spacial score (nSPS) is 11.7. The fraction of sp³-hybridized carbons (Fsp3) is 0.643. The van der Waals surface area contributed by atoms with Crippen LogP contribution in [0, 0.1) is 0 Å². The predicted octanol–water partition coefficient (Wildman–Crippen LogP) is 2.99. The zero-order valence-corrected chi connectivity index (χ0v) is 14.0. The molecule has 112 valence electrons. The first-order valence-corrected chi connectivity index (χ1v) is 10.6. The van der Waals surface area contributed by atoms with Crippen LogP contribution in [-0.4, -0.2) is 35.8 Å². The van der Waals surface area contributed by atoms with E-state index < -0.39 is 8.07 Å². The Hall–Kier alpha value is -1.27. The molecule has 1 heterocycles. The molecule has 0 spiro atoms. The van der Waals surface area contributed by atoms with Gasteiger partial charge in [-0.1, -0.05) is 26.6 Å². The highest BCUT2D eigenvalue weighted by molar-refractivity contribution is 6.76. The monoisotopic (exact) mass is 296 g/mol. The van der Waals surface area contributed by atoms with Crippen LogP contribution in [0.25, 0.3) is 0 Å². The summed E-state index contributed by atoms with van der Waals surface area (Å²) in [6.07, 6.45) is 1.96. The molecule has 5 nitrogen and oxygen atoms in total. The third kappa shape index (κ3) is 5.01. The minimum absolute atomic E-state index is 0.0775. The second-order valence-electron chi connectivity index (χ2n) is 6.10. The Labute approximate surface area is 121 Å². The van der Waals surface area contributed by atoms with Gasteiger partial charge in [-0.05, 0) is 6.04 Å². The van der Waals surface area contributed by atoms with Gasteiger partial charge in [0.25, 0.3) is 0 Å². The lowest BCUT2D eigenvalue weighted by atomic mass is 10.3. The van der Waals surface area contributed by atoms with Crippen LogP contribution in [0.4, 0.5) is 0 Å². The molecule has 0 radical (unpaired) electrons. The lowest BCUT2D eigenvalue weighted by molar-refractivity contribution is 0.0796. The molecule has 0 unspecified atom stereocenters. The number of carbonyl (C=O) groups is 2. The molecule has 0 aliphatic heterocycles. The van der Waals surface area contributed by atoms with Crippen LogP contribution >= 0.6 is 0 Å². The Kier molecular flexibility index (Phi) is 5.83. The number of imidazole rings is 1. The van der Waals surface area contributed by atoms with E-state index in [1.54, 1.807) is 17.7 Å². The molecule has 0 saturated carbocycles. The standard InChI is InChI=1S/C14H24N2O3Si/c1-6-13(18)14-15-12(11(2)17)9-16(14)10-19-7-8-20(3,4)5/h9H,6-8,10H2,1-5H3. The summed E-state index contributed by atoms with van der Waals surface area (Å²) in [5, 5.41) is 0. The first kappa shape index (κ1) is 16.8. The SMILES string of the molecule is CCC(=O)c1nc(C(C)=O)cn1COCC[Si](C)(C)C. The molecular formula is C14H24N2O3Si. The molecule has 0 aliphatic rings. The number of carbonyl (C=O) groups excluding carboxylic acids is 2. The number of aromatic nitrogens is 2. The average Bonchev–Trinajstić information content (AvgIpc) is 2.77. The van der Waals surface area contributed by atoms with Crippen molar-refractivity contribution in [2.24, 2.45) is 0 Å². The number of hydrogen-bond acceptors (Lipinski definition) is 4. The second kappa shape index (κ2) is 6.94. The molecule has 1 aromatic rings. The van der Waals surface area contributed by atoms with Crippen molar-refractivity contribution in [2.45, 2.75) is 52.7 Å². The van der Waals surface area contributed by atoms with Crippen molar-refractivity contribution in [3.05, 3.63) is 17.7 Å². The molecule has 6 heteroatoms. The Morgan fingerprint density at radius 2 is 2.00 bits per heavy atom. The molecule has 0 bridgehead atoms. The van der Waals surface area contributed by atoms with Gasteiger partial charge in [0.05, 0.1) is 0 Å². The van der Waals surface area contributed by atoms with Crippen molar-refractivity contribution in [1.29, 1.82) is 0 Å². The largest absolute Gasteiger partial charge is 0.361 e. The minimum atomic E-state index is -1.12. The molecule has 0 N–H and O–H groups in total. The van der Waals surface area contributed by atoms with E-state index in [9.17, 15) is 9.59 Å². The van der Waals surface area contributed by atoms with Gasteiger partial charge in [0.15, 0.2) is 17.4 Å². The molecule has 20 heavy (non-hydrogen) atoms. The van der Waals surface area contributed by atoms with Crippen LogP contribution in [-0.2, 0) is 11.5 Å². The maximum absolute atomic E-state index is 11.8. The topological polar surface area (TPSA) is 61.2 Å². The lowest BCUT2D eigenvalue weighted by Crippen LogP contribution is -2.22. The number of nitrogens with zero attached hydrogens (tertiary/aromatic N) is 2. The number of hydrogen-bond donors (Lipinski definition) is 0. The van der Waals surface area contributed by atoms with E-state index in [0.29, 0.717) is 24.5 Å². The number of ether oxygens (including phenoxy) is 1. The fourth-order valence-corrected chi connectivity index (χ4v) is 2.36. The first-order valence-electron chi connectivity index (χ1n) is 6.93. The van der Waals surface area contributed by atoms with E-state index in [4.69, 9.17) is 4.74 Å². The predicted molar refractivity (Wildman–Crippen MR) is 81.0 cm³/mol. The second-order valence-corrected chi connectivity index (χ2v) is 11.7. The molecule has 0 amide bonds. The van der Waals surface area contributed by atoms with Gasteiger partial charge in [-0.3, -0.25) is 9.59 Å². The average molecular weight is 296 g/mol. The van der Waals surface area contributed by atoms with Crippen LogP contribution in [0.3, 0.4) is 0 Å². The molecule has 1 aromatic heterocycles. The minimum Gasteiger partial charge on any atom is -0.361 e. The maximum Gasteiger partial charge on any atom is 0.198 e. The zero-order chi connectivity index (χ0) is 15.3. The van der Waals surface area contributed by atoms with Crippen molar-refractivity contribution in [2.75, 3.05) is 6.61 Å². The lowest BCUT2D eigenvalue weighted by Gasteiger charge is -2.15. The fourth-order valence-electron chi connectivity index (χ4n) is 1.61. The molecular weight excluding hydrogens is 272 g/mol. The van der Waals surface area contributed by atoms with Crippen molar-refractivity contribution in [1.82, 2.24) is 9.55 Å². The zero-order valence-electron chi connectivity index (χ0n) is 13.0. The van der Waals surface area contributed by atoms with Gasteiger partial charge >= 0.3 is 0 Å². The molecule has 0 aliphatic carbocycles. The van der Waals surface area contributed by atoms with Crippen molar-refractivity contribution in [3.8, 4) is 0 Å². The molecule has 1 rings (SSSR count). The van der Waals surface area contributed by atoms with Crippen LogP contribution in [0.1, 0.15) is 41.4 Å². The van der Waals surface area contributed by atoms with E-state index in [0.717, 1.165) is 6.04 Å². The van der Waals surface area contributed by atoms with Crippen molar-refractivity contribution < 1.29 is 14.3 Å². The van der Waals surface area contributed by atoms with Gasteiger partial charge in [0.1, 0.15) is 12.4 Å². The number of Topliss-reactive ketones (excluding diaryl/α,β-unsaturated/α-hetero) is 2. The summed E-state index contributed by atoms with van der Waals surface area (Å²) in [7, 11) is -1.12.